The molecule has 0 saturated carbocycles. The molecular formula is C29H52N6O10. The second-order valence-corrected chi connectivity index (χ2v) is 10.6. The highest BCUT2D eigenvalue weighted by Gasteiger charge is 2.13. The molecule has 0 bridgehead atoms. The molecule has 16 nitrogen and oxygen atoms in total. The molecule has 0 aliphatic rings. The smallest absolute Gasteiger partial charge is 0.303 e. The summed E-state index contributed by atoms with van der Waals surface area (Å²) in [5.74, 6) is -3.06. The van der Waals surface area contributed by atoms with Crippen LogP contribution < -0.4 is 21.3 Å². The zero-order chi connectivity index (χ0) is 33.9. The number of amides is 6. The Morgan fingerprint density at radius 2 is 0.800 bits per heavy atom. The molecule has 258 valence electrons. The number of carboxylic acids is 1. The van der Waals surface area contributed by atoms with E-state index in [0.29, 0.717) is 81.3 Å². The fourth-order valence-corrected chi connectivity index (χ4v) is 3.90. The second-order valence-electron chi connectivity index (χ2n) is 10.6. The summed E-state index contributed by atoms with van der Waals surface area (Å²) in [6.45, 7) is 3.36. The van der Waals surface area contributed by atoms with Gasteiger partial charge in [-0.3, -0.25) is 44.0 Å². The van der Waals surface area contributed by atoms with Gasteiger partial charge in [0, 0.05) is 78.3 Å². The topological polar surface area (TPSA) is 235 Å². The molecule has 0 unspecified atom stereocenters. The first-order valence-corrected chi connectivity index (χ1v) is 15.7. The molecule has 0 heterocycles. The zero-order valence-corrected chi connectivity index (χ0v) is 26.4. The number of hydroxylamine groups is 4. The monoisotopic (exact) mass is 644 g/mol. The average molecular weight is 645 g/mol. The summed E-state index contributed by atoms with van der Waals surface area (Å²) >= 11 is 0. The number of hydrogen-bond acceptors (Lipinski definition) is 9. The van der Waals surface area contributed by atoms with Crippen molar-refractivity contribution in [3.63, 3.8) is 0 Å². The maximum Gasteiger partial charge on any atom is 0.303 e. The number of carbonyl (C=O) groups is 7. The van der Waals surface area contributed by atoms with Crippen molar-refractivity contribution in [3.8, 4) is 0 Å². The van der Waals surface area contributed by atoms with E-state index in [-0.39, 0.29) is 75.2 Å². The summed E-state index contributed by atoms with van der Waals surface area (Å²) in [5, 5.41) is 39.7. The van der Waals surface area contributed by atoms with E-state index in [4.69, 9.17) is 5.11 Å². The minimum absolute atomic E-state index is 0.0501. The fraction of sp³-hybridized carbons (Fsp3) is 0.759. The van der Waals surface area contributed by atoms with Gasteiger partial charge in [0.15, 0.2) is 0 Å². The van der Waals surface area contributed by atoms with Gasteiger partial charge >= 0.3 is 5.97 Å². The summed E-state index contributed by atoms with van der Waals surface area (Å²) < 4.78 is 0. The molecule has 0 aromatic heterocycles. The van der Waals surface area contributed by atoms with Crippen molar-refractivity contribution in [2.45, 2.75) is 103 Å². The van der Waals surface area contributed by atoms with Crippen molar-refractivity contribution in [1.29, 1.82) is 0 Å². The quantitative estimate of drug-likeness (QED) is 0.0378. The lowest BCUT2D eigenvalue weighted by atomic mass is 10.2. The first kappa shape index (κ1) is 41.2. The van der Waals surface area contributed by atoms with Crippen molar-refractivity contribution >= 4 is 41.4 Å². The zero-order valence-electron chi connectivity index (χ0n) is 26.4. The van der Waals surface area contributed by atoms with E-state index in [2.05, 4.69) is 21.3 Å². The second kappa shape index (κ2) is 26.6. The summed E-state index contributed by atoms with van der Waals surface area (Å²) in [4.78, 5) is 80.5. The summed E-state index contributed by atoms with van der Waals surface area (Å²) in [6, 6.07) is 0. The summed E-state index contributed by atoms with van der Waals surface area (Å²) in [7, 11) is 0. The number of hydrogen-bond donors (Lipinski definition) is 7. The van der Waals surface area contributed by atoms with Crippen LogP contribution >= 0.6 is 0 Å². The number of nitrogens with zero attached hydrogens (tertiary/aromatic N) is 2. The Morgan fingerprint density at radius 1 is 0.467 bits per heavy atom. The van der Waals surface area contributed by atoms with E-state index >= 15 is 0 Å². The normalized spacial score (nSPS) is 10.5. The van der Waals surface area contributed by atoms with Crippen molar-refractivity contribution in [1.82, 2.24) is 31.4 Å². The van der Waals surface area contributed by atoms with Crippen molar-refractivity contribution in [3.05, 3.63) is 0 Å². The van der Waals surface area contributed by atoms with Crippen LogP contribution in [0.5, 0.6) is 0 Å². The molecule has 0 spiro atoms. The van der Waals surface area contributed by atoms with E-state index in [1.165, 1.54) is 6.92 Å². The van der Waals surface area contributed by atoms with Crippen LogP contribution in [0.1, 0.15) is 103 Å². The minimum Gasteiger partial charge on any atom is -0.481 e. The van der Waals surface area contributed by atoms with Gasteiger partial charge in [0.1, 0.15) is 0 Å². The van der Waals surface area contributed by atoms with Crippen LogP contribution in [0.3, 0.4) is 0 Å². The Bertz CT molecular complexity index is 933. The summed E-state index contributed by atoms with van der Waals surface area (Å²) in [6.07, 6.45) is 5.69. The van der Waals surface area contributed by atoms with Crippen molar-refractivity contribution in [2.24, 2.45) is 0 Å². The number of carbonyl (C=O) groups excluding carboxylic acids is 6. The molecule has 0 aromatic rings. The molecule has 0 aliphatic carbocycles. The predicted molar refractivity (Wildman–Crippen MR) is 162 cm³/mol. The van der Waals surface area contributed by atoms with E-state index in [0.717, 1.165) is 12.8 Å². The lowest BCUT2D eigenvalue weighted by Gasteiger charge is -2.15. The highest BCUT2D eigenvalue weighted by Crippen LogP contribution is 2.02. The van der Waals surface area contributed by atoms with E-state index < -0.39 is 17.8 Å². The summed E-state index contributed by atoms with van der Waals surface area (Å²) in [5.41, 5.74) is 0. The molecule has 0 saturated heterocycles. The molecule has 7 N–H and O–H groups in total. The van der Waals surface area contributed by atoms with Gasteiger partial charge < -0.3 is 26.4 Å². The van der Waals surface area contributed by atoms with Gasteiger partial charge in [-0.2, -0.15) is 0 Å². The van der Waals surface area contributed by atoms with Crippen molar-refractivity contribution in [2.75, 3.05) is 39.3 Å². The highest BCUT2D eigenvalue weighted by atomic mass is 16.5. The molecular weight excluding hydrogens is 592 g/mol. The molecule has 0 fully saturated rings. The molecule has 16 heteroatoms. The SMILES string of the molecule is CC(=O)N(O)CCCCCNC(=O)CCC(=O)NCCCCCNC(=O)CCC(=O)N(O)CCCCCNC(=O)CCC(=O)O. The first-order valence-electron chi connectivity index (χ1n) is 15.7. The third-order valence-corrected chi connectivity index (χ3v) is 6.60. The van der Waals surface area contributed by atoms with Crippen LogP contribution in [0.4, 0.5) is 0 Å². The Hall–Kier alpha value is -3.79. The number of carboxylic acid groups (broad SMARTS) is 1. The maximum absolute atomic E-state index is 12.0. The van der Waals surface area contributed by atoms with Gasteiger partial charge in [-0.1, -0.05) is 0 Å². The number of unbranched alkanes of at least 4 members (excludes halogenated alkanes) is 6. The molecule has 0 aliphatic heterocycles. The van der Waals surface area contributed by atoms with Crippen LogP contribution in [-0.4, -0.2) is 106 Å². The molecule has 0 aromatic carbocycles. The van der Waals surface area contributed by atoms with Crippen LogP contribution in [0.25, 0.3) is 0 Å². The Kier molecular flexibility index (Phi) is 24.4. The highest BCUT2D eigenvalue weighted by molar-refractivity contribution is 5.84. The molecule has 0 atom stereocenters. The minimum atomic E-state index is -1.03. The van der Waals surface area contributed by atoms with Gasteiger partial charge in [0.05, 0.1) is 6.42 Å². The van der Waals surface area contributed by atoms with Crippen LogP contribution in [-0.2, 0) is 33.6 Å². The fourth-order valence-electron chi connectivity index (χ4n) is 3.90. The van der Waals surface area contributed by atoms with Gasteiger partial charge in [-0.25, -0.2) is 10.1 Å². The molecule has 0 rings (SSSR count). The first-order chi connectivity index (χ1) is 21.4. The third kappa shape index (κ3) is 26.3. The van der Waals surface area contributed by atoms with Gasteiger partial charge in [-0.05, 0) is 57.8 Å². The molecule has 45 heavy (non-hydrogen) atoms. The number of nitrogens with one attached hydrogen (secondary N) is 4. The largest absolute Gasteiger partial charge is 0.481 e. The standard InChI is InChI=1S/C29H52N6O10/c1-23(36)34(44)21-9-3-7-19-31-25(38)12-11-24(37)30-17-5-2-6-18-32-26(39)13-15-28(41)35(45)22-10-4-8-20-33-27(40)14-16-29(42)43/h44-45H,2-22H2,1H3,(H,30,37)(H,31,38)(H,32,39)(H,33,40)(H,42,43). The third-order valence-electron chi connectivity index (χ3n) is 6.60. The lowest BCUT2D eigenvalue weighted by molar-refractivity contribution is -0.166. The van der Waals surface area contributed by atoms with Crippen LogP contribution in [0, 0.1) is 0 Å². The van der Waals surface area contributed by atoms with Crippen molar-refractivity contribution < 1.29 is 49.1 Å². The van der Waals surface area contributed by atoms with Crippen LogP contribution in [0.2, 0.25) is 0 Å². The van der Waals surface area contributed by atoms with E-state index in [1.54, 1.807) is 0 Å². The average Bonchev–Trinajstić information content (AvgIpc) is 3.00. The number of rotatable bonds is 27. The Balaban J connectivity index is 3.66. The van der Waals surface area contributed by atoms with E-state index in [9.17, 15) is 44.0 Å². The van der Waals surface area contributed by atoms with Crippen LogP contribution in [0.15, 0.2) is 0 Å². The van der Waals surface area contributed by atoms with E-state index in [1.807, 2.05) is 0 Å². The molecule has 0 radical (unpaired) electrons. The van der Waals surface area contributed by atoms with Gasteiger partial charge in [-0.15, -0.1) is 0 Å². The lowest BCUT2D eigenvalue weighted by Crippen LogP contribution is -2.31. The maximum atomic E-state index is 12.0. The predicted octanol–water partition coefficient (Wildman–Crippen LogP) is 0.843. The Labute approximate surface area is 264 Å². The Morgan fingerprint density at radius 3 is 1.18 bits per heavy atom. The van der Waals surface area contributed by atoms with Gasteiger partial charge in [0.25, 0.3) is 0 Å². The number of aliphatic carboxylic acids is 1. The molecule has 6 amide bonds. The van der Waals surface area contributed by atoms with Gasteiger partial charge in [0.2, 0.25) is 35.4 Å².